The number of aryl methyl sites for hydroxylation is 4. The first kappa shape index (κ1) is 13.7. The Kier molecular flexibility index (Phi) is 3.95. The van der Waals surface area contributed by atoms with Gasteiger partial charge in [0, 0.05) is 24.5 Å². The highest BCUT2D eigenvalue weighted by atomic mass is 15.3. The molecule has 0 amide bonds. The monoisotopic (exact) mass is 259 g/mol. The average molecular weight is 259 g/mol. The number of nitrogens with one attached hydrogen (secondary N) is 1. The second-order valence-electron chi connectivity index (χ2n) is 5.04. The van der Waals surface area contributed by atoms with Gasteiger partial charge in [0.1, 0.15) is 12.2 Å². The molecule has 0 aliphatic rings. The molecule has 2 aromatic heterocycles. The highest BCUT2D eigenvalue weighted by Gasteiger charge is 2.13. The molecule has 0 radical (unpaired) electrons. The minimum absolute atomic E-state index is 0.241. The van der Waals surface area contributed by atoms with Gasteiger partial charge in [-0.2, -0.15) is 0 Å². The normalized spacial score (nSPS) is 12.7. The van der Waals surface area contributed by atoms with Crippen molar-refractivity contribution < 1.29 is 0 Å². The maximum Gasteiger partial charge on any atom is 0.146 e. The lowest BCUT2D eigenvalue weighted by atomic mass is 10.0. The zero-order valence-electron chi connectivity index (χ0n) is 12.2. The fraction of sp³-hybridized carbons (Fsp3) is 0.500. The molecule has 0 bridgehead atoms. The van der Waals surface area contributed by atoms with E-state index in [0.717, 1.165) is 17.2 Å². The van der Waals surface area contributed by atoms with E-state index in [1.807, 2.05) is 18.5 Å². The molecule has 0 aliphatic carbocycles. The van der Waals surface area contributed by atoms with E-state index in [0.29, 0.717) is 6.54 Å². The van der Waals surface area contributed by atoms with Crippen molar-refractivity contribution in [3.63, 3.8) is 0 Å². The summed E-state index contributed by atoms with van der Waals surface area (Å²) in [7, 11) is 1.95. The lowest BCUT2D eigenvalue weighted by Gasteiger charge is -2.18. The van der Waals surface area contributed by atoms with Gasteiger partial charge in [-0.25, -0.2) is 0 Å². The molecule has 5 nitrogen and oxygen atoms in total. The van der Waals surface area contributed by atoms with Crippen molar-refractivity contribution in [2.24, 2.45) is 7.05 Å². The van der Waals surface area contributed by atoms with Crippen LogP contribution >= 0.6 is 0 Å². The summed E-state index contributed by atoms with van der Waals surface area (Å²) in [6, 6.07) is 2.37. The third-order valence-corrected chi connectivity index (χ3v) is 3.39. The lowest BCUT2D eigenvalue weighted by molar-refractivity contribution is 0.542. The summed E-state index contributed by atoms with van der Waals surface area (Å²) >= 11 is 0. The third-order valence-electron chi connectivity index (χ3n) is 3.39. The molecule has 5 heteroatoms. The van der Waals surface area contributed by atoms with Gasteiger partial charge >= 0.3 is 0 Å². The fourth-order valence-electron chi connectivity index (χ4n) is 2.50. The zero-order valence-corrected chi connectivity index (χ0v) is 12.2. The molecule has 1 unspecified atom stereocenters. The van der Waals surface area contributed by atoms with Gasteiger partial charge in [0.05, 0.1) is 6.54 Å². The van der Waals surface area contributed by atoms with E-state index in [1.165, 1.54) is 11.1 Å². The van der Waals surface area contributed by atoms with Gasteiger partial charge in [0.15, 0.2) is 0 Å². The molecule has 2 aromatic rings. The smallest absolute Gasteiger partial charge is 0.146 e. The second-order valence-corrected chi connectivity index (χ2v) is 5.04. The molecular formula is C14H21N5. The van der Waals surface area contributed by atoms with Gasteiger partial charge in [0.2, 0.25) is 0 Å². The molecule has 0 saturated carbocycles. The average Bonchev–Trinajstić information content (AvgIpc) is 2.70. The van der Waals surface area contributed by atoms with E-state index in [9.17, 15) is 0 Å². The topological polar surface area (TPSA) is 55.6 Å². The van der Waals surface area contributed by atoms with Crippen LogP contribution in [-0.4, -0.2) is 19.7 Å². The molecule has 19 heavy (non-hydrogen) atoms. The van der Waals surface area contributed by atoms with Gasteiger partial charge in [-0.05, 0) is 44.9 Å². The van der Waals surface area contributed by atoms with E-state index in [4.69, 9.17) is 0 Å². The van der Waals surface area contributed by atoms with Crippen molar-refractivity contribution in [2.75, 3.05) is 0 Å². The van der Waals surface area contributed by atoms with Crippen LogP contribution in [0, 0.1) is 20.8 Å². The Bertz CT molecular complexity index is 550. The predicted octanol–water partition coefficient (Wildman–Crippen LogP) is 1.99. The zero-order chi connectivity index (χ0) is 14.0. The number of pyridine rings is 1. The lowest BCUT2D eigenvalue weighted by Crippen LogP contribution is -2.22. The molecule has 1 atom stereocenters. The van der Waals surface area contributed by atoms with E-state index in [1.54, 1.807) is 6.33 Å². The summed E-state index contributed by atoms with van der Waals surface area (Å²) in [6.07, 6.45) is 1.71. The Hall–Kier alpha value is -1.75. The molecule has 0 aliphatic heterocycles. The molecule has 0 saturated heterocycles. The maximum atomic E-state index is 4.54. The molecule has 1 N–H and O–H groups in total. The van der Waals surface area contributed by atoms with E-state index < -0.39 is 0 Å². The van der Waals surface area contributed by atoms with Crippen molar-refractivity contribution in [1.82, 2.24) is 25.1 Å². The Morgan fingerprint density at radius 1 is 1.32 bits per heavy atom. The third kappa shape index (κ3) is 2.98. The quantitative estimate of drug-likeness (QED) is 0.912. The number of aromatic nitrogens is 4. The summed E-state index contributed by atoms with van der Waals surface area (Å²) in [6.45, 7) is 9.09. The van der Waals surface area contributed by atoms with Gasteiger partial charge < -0.3 is 9.88 Å². The molecule has 102 valence electrons. The number of nitrogens with zero attached hydrogens (tertiary/aromatic N) is 4. The largest absolute Gasteiger partial charge is 0.320 e. The fourth-order valence-corrected chi connectivity index (χ4v) is 2.50. The Morgan fingerprint density at radius 3 is 2.63 bits per heavy atom. The van der Waals surface area contributed by atoms with Crippen LogP contribution in [0.25, 0.3) is 0 Å². The van der Waals surface area contributed by atoms with Crippen LogP contribution in [-0.2, 0) is 13.6 Å². The summed E-state index contributed by atoms with van der Waals surface area (Å²) < 4.78 is 1.92. The standard InChI is InChI=1S/C14H21N5/c1-9-6-10(2)17-12(4)14(9)11(3)15-7-13-18-16-8-19(13)5/h6,8,11,15H,7H2,1-5H3. The minimum atomic E-state index is 0.241. The summed E-state index contributed by atoms with van der Waals surface area (Å²) in [4.78, 5) is 4.54. The van der Waals surface area contributed by atoms with Crippen molar-refractivity contribution in [1.29, 1.82) is 0 Å². The Labute approximate surface area is 114 Å². The van der Waals surface area contributed by atoms with Crippen LogP contribution < -0.4 is 5.32 Å². The first-order valence-electron chi connectivity index (χ1n) is 6.50. The molecular weight excluding hydrogens is 238 g/mol. The van der Waals surface area contributed by atoms with Crippen LogP contribution in [0.5, 0.6) is 0 Å². The van der Waals surface area contributed by atoms with Crippen LogP contribution in [0.15, 0.2) is 12.4 Å². The van der Waals surface area contributed by atoms with Crippen LogP contribution in [0.3, 0.4) is 0 Å². The van der Waals surface area contributed by atoms with Crippen molar-refractivity contribution in [3.8, 4) is 0 Å². The molecule has 0 spiro atoms. The number of hydrogen-bond acceptors (Lipinski definition) is 4. The van der Waals surface area contributed by atoms with Crippen molar-refractivity contribution in [3.05, 3.63) is 40.7 Å². The number of rotatable bonds is 4. The molecule has 2 rings (SSSR count). The highest BCUT2D eigenvalue weighted by Crippen LogP contribution is 2.21. The van der Waals surface area contributed by atoms with Gasteiger partial charge in [-0.1, -0.05) is 0 Å². The first-order valence-corrected chi connectivity index (χ1v) is 6.50. The SMILES string of the molecule is Cc1cc(C)c(C(C)NCc2nncn2C)c(C)n1. The van der Waals surface area contributed by atoms with Gasteiger partial charge in [0.25, 0.3) is 0 Å². The van der Waals surface area contributed by atoms with E-state index in [2.05, 4.69) is 47.3 Å². The highest BCUT2D eigenvalue weighted by molar-refractivity contribution is 5.33. The molecule has 0 aromatic carbocycles. The summed E-state index contributed by atoms with van der Waals surface area (Å²) in [5.74, 6) is 0.933. The number of hydrogen-bond donors (Lipinski definition) is 1. The van der Waals surface area contributed by atoms with E-state index >= 15 is 0 Å². The minimum Gasteiger partial charge on any atom is -0.320 e. The first-order chi connectivity index (χ1) is 8.99. The van der Waals surface area contributed by atoms with Crippen molar-refractivity contribution in [2.45, 2.75) is 40.3 Å². The van der Waals surface area contributed by atoms with Crippen LogP contribution in [0.2, 0.25) is 0 Å². The summed E-state index contributed by atoms with van der Waals surface area (Å²) in [5.41, 5.74) is 4.71. The summed E-state index contributed by atoms with van der Waals surface area (Å²) in [5, 5.41) is 11.4. The van der Waals surface area contributed by atoms with Crippen molar-refractivity contribution >= 4 is 0 Å². The van der Waals surface area contributed by atoms with Gasteiger partial charge in [-0.15, -0.1) is 10.2 Å². The predicted molar refractivity (Wildman–Crippen MR) is 74.7 cm³/mol. The molecule has 2 heterocycles. The van der Waals surface area contributed by atoms with E-state index in [-0.39, 0.29) is 6.04 Å². The second kappa shape index (κ2) is 5.48. The Balaban J connectivity index is 2.12. The molecule has 0 fully saturated rings. The van der Waals surface area contributed by atoms with Gasteiger partial charge in [-0.3, -0.25) is 4.98 Å². The maximum absolute atomic E-state index is 4.54. The van der Waals surface area contributed by atoms with Crippen LogP contribution in [0.1, 0.15) is 41.3 Å². The van der Waals surface area contributed by atoms with Crippen LogP contribution in [0.4, 0.5) is 0 Å². The Morgan fingerprint density at radius 2 is 2.05 bits per heavy atom.